The predicted octanol–water partition coefficient (Wildman–Crippen LogP) is 2.56. The summed E-state index contributed by atoms with van der Waals surface area (Å²) in [5.41, 5.74) is 0.677. The highest BCUT2D eigenvalue weighted by Gasteiger charge is 2.15. The maximum Gasteiger partial charge on any atom is 0.251 e. The first-order valence-electron chi connectivity index (χ1n) is 8.52. The average Bonchev–Trinajstić information content (AvgIpc) is 2.53. The number of rotatable bonds is 7. The number of hydrogen-bond donors (Lipinski definition) is 2. The molecule has 1 aliphatic rings. The second-order valence-electron chi connectivity index (χ2n) is 6.70. The highest BCUT2D eigenvalue weighted by Crippen LogP contribution is 2.23. The molecule has 1 amide bonds. The predicted molar refractivity (Wildman–Crippen MR) is 102 cm³/mol. The lowest BCUT2D eigenvalue weighted by Crippen LogP contribution is -2.35. The Bertz CT molecular complexity index is 701. The van der Waals surface area contributed by atoms with E-state index in [2.05, 4.69) is 21.9 Å². The quantitative estimate of drug-likeness (QED) is 0.705. The first-order valence-corrected chi connectivity index (χ1v) is 10.8. The topological polar surface area (TPSA) is 78.5 Å². The Morgan fingerprint density at radius 1 is 1.32 bits per heavy atom. The third kappa shape index (κ3) is 6.84. The minimum absolute atomic E-state index is 0.195. The SMILES string of the molecule is CC1CCN(CCCNC(=O)c2ccc(NS(C)(=O)=O)c(Cl)c2)CC1. The number of carbonyl (C=O) groups is 1. The van der Waals surface area contributed by atoms with E-state index in [0.717, 1.165) is 38.2 Å². The van der Waals surface area contributed by atoms with Crippen molar-refractivity contribution in [3.63, 3.8) is 0 Å². The minimum Gasteiger partial charge on any atom is -0.352 e. The number of benzene rings is 1. The Kier molecular flexibility index (Phi) is 7.10. The molecule has 1 aromatic rings. The summed E-state index contributed by atoms with van der Waals surface area (Å²) in [4.78, 5) is 14.6. The number of anilines is 1. The van der Waals surface area contributed by atoms with Crippen LogP contribution in [0.1, 0.15) is 36.5 Å². The molecule has 8 heteroatoms. The fourth-order valence-electron chi connectivity index (χ4n) is 2.83. The Morgan fingerprint density at radius 2 is 2.00 bits per heavy atom. The number of piperidine rings is 1. The van der Waals surface area contributed by atoms with Gasteiger partial charge in [0.25, 0.3) is 5.91 Å². The van der Waals surface area contributed by atoms with Crippen LogP contribution in [-0.2, 0) is 10.0 Å². The van der Waals surface area contributed by atoms with E-state index in [9.17, 15) is 13.2 Å². The van der Waals surface area contributed by atoms with Crippen LogP contribution in [0, 0.1) is 5.92 Å². The number of likely N-dealkylation sites (tertiary alicyclic amines) is 1. The molecule has 1 heterocycles. The molecule has 1 saturated heterocycles. The molecule has 0 aliphatic carbocycles. The summed E-state index contributed by atoms with van der Waals surface area (Å²) in [6, 6.07) is 4.52. The summed E-state index contributed by atoms with van der Waals surface area (Å²) >= 11 is 6.04. The lowest BCUT2D eigenvalue weighted by Gasteiger charge is -2.30. The van der Waals surface area contributed by atoms with Crippen molar-refractivity contribution in [1.29, 1.82) is 0 Å². The first kappa shape index (κ1) is 20.0. The molecule has 1 aliphatic heterocycles. The molecule has 140 valence electrons. The van der Waals surface area contributed by atoms with Crippen LogP contribution in [-0.4, -0.2) is 51.7 Å². The highest BCUT2D eigenvalue weighted by atomic mass is 35.5. The molecule has 0 bridgehead atoms. The van der Waals surface area contributed by atoms with Gasteiger partial charge in [-0.15, -0.1) is 0 Å². The van der Waals surface area contributed by atoms with Gasteiger partial charge in [-0.05, 0) is 63.0 Å². The van der Waals surface area contributed by atoms with Crippen molar-refractivity contribution in [2.45, 2.75) is 26.2 Å². The molecule has 0 saturated carbocycles. The molecule has 0 spiro atoms. The maximum atomic E-state index is 12.2. The lowest BCUT2D eigenvalue weighted by molar-refractivity contribution is 0.0950. The van der Waals surface area contributed by atoms with Crippen LogP contribution in [0.5, 0.6) is 0 Å². The van der Waals surface area contributed by atoms with Crippen molar-refractivity contribution in [2.75, 3.05) is 37.2 Å². The van der Waals surface area contributed by atoms with E-state index in [1.807, 2.05) is 0 Å². The van der Waals surface area contributed by atoms with Gasteiger partial charge in [0.2, 0.25) is 10.0 Å². The average molecular weight is 388 g/mol. The van der Waals surface area contributed by atoms with Crippen molar-refractivity contribution in [2.24, 2.45) is 5.92 Å². The monoisotopic (exact) mass is 387 g/mol. The van der Waals surface area contributed by atoms with Crippen molar-refractivity contribution in [3.8, 4) is 0 Å². The van der Waals surface area contributed by atoms with Crippen molar-refractivity contribution in [3.05, 3.63) is 28.8 Å². The lowest BCUT2D eigenvalue weighted by atomic mass is 9.99. The number of sulfonamides is 1. The summed E-state index contributed by atoms with van der Waals surface area (Å²) in [6.07, 6.45) is 4.45. The van der Waals surface area contributed by atoms with E-state index in [0.29, 0.717) is 12.1 Å². The number of carbonyl (C=O) groups excluding carboxylic acids is 1. The van der Waals surface area contributed by atoms with E-state index < -0.39 is 10.0 Å². The molecular weight excluding hydrogens is 362 g/mol. The summed E-state index contributed by atoms with van der Waals surface area (Å²) in [6.45, 7) is 6.16. The van der Waals surface area contributed by atoms with Gasteiger partial charge in [-0.2, -0.15) is 0 Å². The first-order chi connectivity index (χ1) is 11.7. The zero-order chi connectivity index (χ0) is 18.4. The summed E-state index contributed by atoms with van der Waals surface area (Å²) < 4.78 is 24.8. The van der Waals surface area contributed by atoms with E-state index >= 15 is 0 Å². The fraction of sp³-hybridized carbons (Fsp3) is 0.588. The van der Waals surface area contributed by atoms with Crippen LogP contribution in [0.3, 0.4) is 0 Å². The van der Waals surface area contributed by atoms with Crippen LogP contribution in [0.25, 0.3) is 0 Å². The van der Waals surface area contributed by atoms with E-state index in [-0.39, 0.29) is 16.6 Å². The molecular formula is C17H26ClN3O3S. The molecule has 6 nitrogen and oxygen atoms in total. The Labute approximate surface area is 155 Å². The van der Waals surface area contributed by atoms with Crippen LogP contribution in [0.2, 0.25) is 5.02 Å². The second kappa shape index (κ2) is 8.87. The molecule has 25 heavy (non-hydrogen) atoms. The smallest absolute Gasteiger partial charge is 0.251 e. The van der Waals surface area contributed by atoms with E-state index in [1.165, 1.54) is 25.0 Å². The second-order valence-corrected chi connectivity index (χ2v) is 8.86. The van der Waals surface area contributed by atoms with E-state index in [4.69, 9.17) is 11.6 Å². The Hall–Kier alpha value is -1.31. The number of halogens is 1. The molecule has 1 fully saturated rings. The van der Waals surface area contributed by atoms with Gasteiger partial charge in [-0.1, -0.05) is 18.5 Å². The molecule has 0 unspecified atom stereocenters. The Balaban J connectivity index is 1.78. The molecule has 0 atom stereocenters. The third-order valence-electron chi connectivity index (χ3n) is 4.34. The normalized spacial score (nSPS) is 16.6. The van der Waals surface area contributed by atoms with Gasteiger partial charge < -0.3 is 10.2 Å². The van der Waals surface area contributed by atoms with Crippen molar-refractivity contribution >= 4 is 33.2 Å². The van der Waals surface area contributed by atoms with Crippen LogP contribution in [0.4, 0.5) is 5.69 Å². The molecule has 2 N–H and O–H groups in total. The van der Waals surface area contributed by atoms with Crippen molar-refractivity contribution < 1.29 is 13.2 Å². The number of amides is 1. The van der Waals surface area contributed by atoms with Crippen LogP contribution in [0.15, 0.2) is 18.2 Å². The van der Waals surface area contributed by atoms with E-state index in [1.54, 1.807) is 6.07 Å². The summed E-state index contributed by atoms with van der Waals surface area (Å²) in [5.74, 6) is 0.612. The third-order valence-corrected chi connectivity index (χ3v) is 5.24. The van der Waals surface area contributed by atoms with Crippen LogP contribution < -0.4 is 10.0 Å². The summed E-state index contributed by atoms with van der Waals surface area (Å²) in [7, 11) is -3.40. The zero-order valence-electron chi connectivity index (χ0n) is 14.7. The zero-order valence-corrected chi connectivity index (χ0v) is 16.3. The van der Waals surface area contributed by atoms with Gasteiger partial charge in [-0.25, -0.2) is 8.42 Å². The molecule has 0 aromatic heterocycles. The van der Waals surface area contributed by atoms with Gasteiger partial charge in [0.15, 0.2) is 0 Å². The number of nitrogens with one attached hydrogen (secondary N) is 2. The Morgan fingerprint density at radius 3 is 2.60 bits per heavy atom. The van der Waals surface area contributed by atoms with Crippen LogP contribution >= 0.6 is 11.6 Å². The number of hydrogen-bond acceptors (Lipinski definition) is 4. The van der Waals surface area contributed by atoms with Gasteiger partial charge in [0.1, 0.15) is 0 Å². The minimum atomic E-state index is -3.40. The summed E-state index contributed by atoms with van der Waals surface area (Å²) in [5, 5.41) is 3.07. The molecule has 1 aromatic carbocycles. The van der Waals surface area contributed by atoms with Gasteiger partial charge >= 0.3 is 0 Å². The molecule has 0 radical (unpaired) electrons. The fourth-order valence-corrected chi connectivity index (χ4v) is 3.69. The maximum absolute atomic E-state index is 12.2. The standard InChI is InChI=1S/C17H26ClN3O3S/c1-13-6-10-21(11-7-13)9-3-8-19-17(22)14-4-5-16(15(18)12-14)20-25(2,23)24/h4-5,12-13,20H,3,6-11H2,1-2H3,(H,19,22). The van der Waals surface area contributed by atoms with Crippen molar-refractivity contribution in [1.82, 2.24) is 10.2 Å². The van der Waals surface area contributed by atoms with Gasteiger partial charge in [-0.3, -0.25) is 9.52 Å². The van der Waals surface area contributed by atoms with Gasteiger partial charge in [0, 0.05) is 12.1 Å². The largest absolute Gasteiger partial charge is 0.352 e. The molecule has 2 rings (SSSR count). The highest BCUT2D eigenvalue weighted by molar-refractivity contribution is 7.92. The number of nitrogens with zero attached hydrogens (tertiary/aromatic N) is 1. The van der Waals surface area contributed by atoms with Gasteiger partial charge in [0.05, 0.1) is 17.0 Å².